The maximum absolute atomic E-state index is 3.78. The van der Waals surface area contributed by atoms with E-state index in [9.17, 15) is 0 Å². The Morgan fingerprint density at radius 3 is 3.07 bits per heavy atom. The molecule has 3 rings (SSSR count). The van der Waals surface area contributed by atoms with Crippen LogP contribution in [0.25, 0.3) is 10.9 Å². The number of fused-ring (bicyclic) bond motifs is 3. The van der Waals surface area contributed by atoms with E-state index in [1.165, 1.54) is 22.2 Å². The molecule has 0 atom stereocenters. The Hall–Kier alpha value is -1.54. The van der Waals surface area contributed by atoms with Crippen molar-refractivity contribution in [3.63, 3.8) is 0 Å². The van der Waals surface area contributed by atoms with Gasteiger partial charge in [-0.05, 0) is 11.6 Å². The predicted octanol–water partition coefficient (Wildman–Crippen LogP) is 2.67. The molecule has 0 spiro atoms. The molecule has 2 heterocycles. The van der Waals surface area contributed by atoms with E-state index >= 15 is 0 Å². The summed E-state index contributed by atoms with van der Waals surface area (Å²) >= 11 is 0. The number of benzene rings is 1. The van der Waals surface area contributed by atoms with Crippen molar-refractivity contribution in [2.24, 2.45) is 0 Å². The van der Waals surface area contributed by atoms with E-state index in [-0.39, 0.29) is 0 Å². The van der Waals surface area contributed by atoms with Crippen LogP contribution in [-0.2, 0) is 13.1 Å². The summed E-state index contributed by atoms with van der Waals surface area (Å²) in [7, 11) is 0. The zero-order chi connectivity index (χ0) is 10.3. The van der Waals surface area contributed by atoms with Crippen LogP contribution in [0.2, 0.25) is 0 Å². The molecule has 1 aliphatic rings. The van der Waals surface area contributed by atoms with Crippen LogP contribution in [0.15, 0.2) is 36.9 Å². The van der Waals surface area contributed by atoms with Gasteiger partial charge in [0.2, 0.25) is 0 Å². The van der Waals surface area contributed by atoms with Crippen molar-refractivity contribution < 1.29 is 0 Å². The Morgan fingerprint density at radius 1 is 1.33 bits per heavy atom. The lowest BCUT2D eigenvalue weighted by Gasteiger charge is -2.11. The van der Waals surface area contributed by atoms with Crippen LogP contribution in [0.4, 0.5) is 0 Å². The molecule has 0 aliphatic carbocycles. The van der Waals surface area contributed by atoms with Gasteiger partial charge < -0.3 is 4.98 Å². The Balaban J connectivity index is 2.04. The second-order valence-electron chi connectivity index (χ2n) is 4.09. The average molecular weight is 198 g/mol. The maximum atomic E-state index is 3.78. The molecular formula is C13H14N2. The quantitative estimate of drug-likeness (QED) is 0.735. The molecule has 15 heavy (non-hydrogen) atoms. The summed E-state index contributed by atoms with van der Waals surface area (Å²) in [5, 5.41) is 1.37. The highest BCUT2D eigenvalue weighted by Gasteiger charge is 2.21. The van der Waals surface area contributed by atoms with Crippen LogP contribution in [0.1, 0.15) is 11.3 Å². The van der Waals surface area contributed by atoms with Crippen molar-refractivity contribution in [2.75, 3.05) is 6.54 Å². The number of H-pyrrole nitrogens is 1. The van der Waals surface area contributed by atoms with Crippen molar-refractivity contribution in [2.45, 2.75) is 13.1 Å². The summed E-state index contributed by atoms with van der Waals surface area (Å²) in [6.07, 6.45) is 1.97. The summed E-state index contributed by atoms with van der Waals surface area (Å²) in [5.41, 5.74) is 4.10. The van der Waals surface area contributed by atoms with E-state index in [4.69, 9.17) is 0 Å². The molecule has 1 N–H and O–H groups in total. The number of aromatic amines is 1. The van der Waals surface area contributed by atoms with Crippen LogP contribution in [0.5, 0.6) is 0 Å². The highest BCUT2D eigenvalue weighted by molar-refractivity contribution is 5.85. The summed E-state index contributed by atoms with van der Waals surface area (Å²) < 4.78 is 0. The molecule has 2 heteroatoms. The fraction of sp³-hybridized carbons (Fsp3) is 0.231. The lowest BCUT2D eigenvalue weighted by Crippen LogP contribution is -2.16. The highest BCUT2D eigenvalue weighted by Crippen LogP contribution is 2.29. The molecule has 1 aromatic carbocycles. The van der Waals surface area contributed by atoms with E-state index in [2.05, 4.69) is 40.7 Å². The highest BCUT2D eigenvalue weighted by atomic mass is 15.1. The molecule has 1 aliphatic heterocycles. The molecule has 0 amide bonds. The van der Waals surface area contributed by atoms with E-state index in [0.29, 0.717) is 0 Å². The zero-order valence-corrected chi connectivity index (χ0v) is 8.66. The first kappa shape index (κ1) is 8.74. The predicted molar refractivity (Wildman–Crippen MR) is 62.6 cm³/mol. The minimum Gasteiger partial charge on any atom is -0.357 e. The molecule has 0 unspecified atom stereocenters. The third-order valence-corrected chi connectivity index (χ3v) is 3.05. The zero-order valence-electron chi connectivity index (χ0n) is 8.66. The van der Waals surface area contributed by atoms with Crippen molar-refractivity contribution >= 4 is 10.9 Å². The lowest BCUT2D eigenvalue weighted by molar-refractivity contribution is 0.315. The number of hydrogen-bond acceptors (Lipinski definition) is 1. The second-order valence-corrected chi connectivity index (χ2v) is 4.09. The Labute approximate surface area is 89.2 Å². The van der Waals surface area contributed by atoms with Crippen molar-refractivity contribution in [3.05, 3.63) is 48.2 Å². The number of rotatable bonds is 2. The standard InChI is InChI=1S/C13H14N2/c1-2-7-15-8-11-10-5-3-4-6-12(10)14-13(11)9-15/h2-6,14H,1,7-9H2. The van der Waals surface area contributed by atoms with Gasteiger partial charge in [-0.1, -0.05) is 24.3 Å². The largest absolute Gasteiger partial charge is 0.357 e. The average Bonchev–Trinajstić information content (AvgIpc) is 2.75. The summed E-state index contributed by atoms with van der Waals surface area (Å²) in [6.45, 7) is 6.82. The molecule has 2 nitrogen and oxygen atoms in total. The van der Waals surface area contributed by atoms with Gasteiger partial charge in [0.25, 0.3) is 0 Å². The Bertz CT molecular complexity index is 510. The molecule has 0 fully saturated rings. The van der Waals surface area contributed by atoms with E-state index in [0.717, 1.165) is 19.6 Å². The molecule has 1 aromatic heterocycles. The fourth-order valence-corrected chi connectivity index (χ4v) is 2.39. The second kappa shape index (κ2) is 3.24. The van der Waals surface area contributed by atoms with Gasteiger partial charge in [-0.25, -0.2) is 0 Å². The lowest BCUT2D eigenvalue weighted by atomic mass is 10.1. The fourth-order valence-electron chi connectivity index (χ4n) is 2.39. The summed E-state index contributed by atoms with van der Waals surface area (Å²) in [4.78, 5) is 5.88. The van der Waals surface area contributed by atoms with Crippen LogP contribution in [0.3, 0.4) is 0 Å². The van der Waals surface area contributed by atoms with E-state index in [1.54, 1.807) is 0 Å². The molecule has 0 saturated carbocycles. The summed E-state index contributed by atoms with van der Waals surface area (Å²) in [6, 6.07) is 8.52. The molecule has 2 aromatic rings. The first-order valence-corrected chi connectivity index (χ1v) is 5.30. The molecule has 0 bridgehead atoms. The van der Waals surface area contributed by atoms with Crippen LogP contribution >= 0.6 is 0 Å². The molecular weight excluding hydrogens is 184 g/mol. The van der Waals surface area contributed by atoms with Gasteiger partial charge in [-0.15, -0.1) is 6.58 Å². The van der Waals surface area contributed by atoms with Gasteiger partial charge in [0, 0.05) is 36.2 Å². The monoisotopic (exact) mass is 198 g/mol. The molecule has 0 radical (unpaired) electrons. The topological polar surface area (TPSA) is 19.0 Å². The number of hydrogen-bond donors (Lipinski definition) is 1. The Kier molecular flexibility index (Phi) is 1.89. The van der Waals surface area contributed by atoms with E-state index < -0.39 is 0 Å². The van der Waals surface area contributed by atoms with Crippen LogP contribution in [-0.4, -0.2) is 16.4 Å². The number of aromatic nitrogens is 1. The Morgan fingerprint density at radius 2 is 2.20 bits per heavy atom. The third kappa shape index (κ3) is 1.29. The van der Waals surface area contributed by atoms with Gasteiger partial charge in [0.15, 0.2) is 0 Å². The van der Waals surface area contributed by atoms with Crippen molar-refractivity contribution in [3.8, 4) is 0 Å². The van der Waals surface area contributed by atoms with Crippen LogP contribution in [0, 0.1) is 0 Å². The van der Waals surface area contributed by atoms with Gasteiger partial charge >= 0.3 is 0 Å². The van der Waals surface area contributed by atoms with Crippen LogP contribution < -0.4 is 0 Å². The smallest absolute Gasteiger partial charge is 0.0459 e. The van der Waals surface area contributed by atoms with E-state index in [1.807, 2.05) is 6.08 Å². The first-order chi connectivity index (χ1) is 7.38. The maximum Gasteiger partial charge on any atom is 0.0459 e. The number of nitrogens with zero attached hydrogens (tertiary/aromatic N) is 1. The third-order valence-electron chi connectivity index (χ3n) is 3.05. The SMILES string of the molecule is C=CCN1Cc2[nH]c3ccccc3c2C1. The van der Waals surface area contributed by atoms with Gasteiger partial charge in [-0.2, -0.15) is 0 Å². The van der Waals surface area contributed by atoms with Crippen molar-refractivity contribution in [1.29, 1.82) is 0 Å². The normalized spacial score (nSPS) is 15.7. The minimum absolute atomic E-state index is 0.969. The molecule has 76 valence electrons. The van der Waals surface area contributed by atoms with Crippen molar-refractivity contribution in [1.82, 2.24) is 9.88 Å². The van der Waals surface area contributed by atoms with Gasteiger partial charge in [-0.3, -0.25) is 4.90 Å². The number of para-hydroxylation sites is 1. The number of nitrogens with one attached hydrogen (secondary N) is 1. The summed E-state index contributed by atoms with van der Waals surface area (Å²) in [5.74, 6) is 0. The minimum atomic E-state index is 0.969. The van der Waals surface area contributed by atoms with Gasteiger partial charge in [0.05, 0.1) is 0 Å². The van der Waals surface area contributed by atoms with Gasteiger partial charge in [0.1, 0.15) is 0 Å². The molecule has 0 saturated heterocycles. The first-order valence-electron chi connectivity index (χ1n) is 5.30.